The van der Waals surface area contributed by atoms with Crippen LogP contribution in [0.25, 0.3) is 0 Å². The van der Waals surface area contributed by atoms with E-state index >= 15 is 0 Å². The molecule has 6 heteroatoms. The molecule has 1 heterocycles. The van der Waals surface area contributed by atoms with Crippen LogP contribution in [0.15, 0.2) is 48.5 Å². The lowest BCUT2D eigenvalue weighted by Gasteiger charge is -2.30. The van der Waals surface area contributed by atoms with Crippen LogP contribution in [0.4, 0.5) is 0 Å². The minimum atomic E-state index is 0.240. The Bertz CT molecular complexity index is 899. The normalized spacial score (nSPS) is 13.9. The van der Waals surface area contributed by atoms with Gasteiger partial charge in [-0.05, 0) is 29.7 Å². The maximum Gasteiger partial charge on any atom is 0.222 e. The van der Waals surface area contributed by atoms with E-state index in [1.165, 1.54) is 32.1 Å². The lowest BCUT2D eigenvalue weighted by Crippen LogP contribution is -2.42. The Morgan fingerprint density at radius 3 is 2.38 bits per heavy atom. The molecule has 0 N–H and O–H groups in total. The quantitative estimate of drug-likeness (QED) is 0.242. The Balaban J connectivity index is 1.60. The zero-order valence-corrected chi connectivity index (χ0v) is 23.0. The van der Waals surface area contributed by atoms with Crippen LogP contribution in [0.5, 0.6) is 11.5 Å². The third-order valence-electron chi connectivity index (χ3n) is 6.98. The van der Waals surface area contributed by atoms with Crippen LogP contribution < -0.4 is 9.47 Å². The van der Waals surface area contributed by atoms with Gasteiger partial charge in [-0.25, -0.2) is 0 Å². The SMILES string of the molecule is CCCCCCCCCC(=O)N(CCN1CCOCC1)Cc1ccc(OC)c(OCc2ccccc2)c1. The van der Waals surface area contributed by atoms with Crippen molar-refractivity contribution in [1.29, 1.82) is 0 Å². The number of amides is 1. The Labute approximate surface area is 223 Å². The molecule has 37 heavy (non-hydrogen) atoms. The van der Waals surface area contributed by atoms with Gasteiger partial charge in [-0.3, -0.25) is 9.69 Å². The predicted molar refractivity (Wildman–Crippen MR) is 149 cm³/mol. The molecule has 0 bridgehead atoms. The topological polar surface area (TPSA) is 51.2 Å². The van der Waals surface area contributed by atoms with Gasteiger partial charge < -0.3 is 19.1 Å². The van der Waals surface area contributed by atoms with Gasteiger partial charge in [0.15, 0.2) is 11.5 Å². The minimum absolute atomic E-state index is 0.240. The number of ether oxygens (including phenoxy) is 3. The van der Waals surface area contributed by atoms with E-state index in [-0.39, 0.29) is 5.91 Å². The number of nitrogens with zero attached hydrogens (tertiary/aromatic N) is 2. The molecule has 0 atom stereocenters. The third-order valence-corrected chi connectivity index (χ3v) is 6.98. The highest BCUT2D eigenvalue weighted by molar-refractivity contribution is 5.76. The highest BCUT2D eigenvalue weighted by Gasteiger charge is 2.18. The summed E-state index contributed by atoms with van der Waals surface area (Å²) in [6, 6.07) is 16.1. The number of carbonyl (C=O) groups is 1. The Kier molecular flexibility index (Phi) is 13.3. The highest BCUT2D eigenvalue weighted by Crippen LogP contribution is 2.29. The van der Waals surface area contributed by atoms with E-state index < -0.39 is 0 Å². The average Bonchev–Trinajstić information content (AvgIpc) is 2.94. The average molecular weight is 511 g/mol. The van der Waals surface area contributed by atoms with Gasteiger partial charge in [-0.15, -0.1) is 0 Å². The van der Waals surface area contributed by atoms with Crippen LogP contribution >= 0.6 is 0 Å². The largest absolute Gasteiger partial charge is 0.493 e. The standard InChI is InChI=1S/C31H46N2O4/c1-3-4-5-6-7-8-12-15-31(34)33(19-18-32-20-22-36-23-21-32)25-28-16-17-29(35-2)30(24-28)37-26-27-13-10-9-11-14-27/h9-11,13-14,16-17,24H,3-8,12,15,18-23,25-26H2,1-2H3. The molecule has 1 aliphatic heterocycles. The molecule has 0 saturated carbocycles. The number of rotatable bonds is 17. The second-order valence-corrected chi connectivity index (χ2v) is 9.90. The molecule has 6 nitrogen and oxygen atoms in total. The van der Waals surface area contributed by atoms with Gasteiger partial charge in [0.05, 0.1) is 20.3 Å². The monoisotopic (exact) mass is 510 g/mol. The summed E-state index contributed by atoms with van der Waals surface area (Å²) in [5.74, 6) is 1.65. The summed E-state index contributed by atoms with van der Waals surface area (Å²) in [7, 11) is 1.66. The number of carbonyl (C=O) groups excluding carboxylic acids is 1. The summed E-state index contributed by atoms with van der Waals surface area (Å²) in [4.78, 5) is 17.7. The molecule has 3 rings (SSSR count). The molecule has 204 valence electrons. The molecule has 0 aromatic heterocycles. The third kappa shape index (κ3) is 10.7. The first kappa shape index (κ1) is 29.0. The molecule has 0 unspecified atom stereocenters. The van der Waals surface area contributed by atoms with Gasteiger partial charge >= 0.3 is 0 Å². The van der Waals surface area contributed by atoms with E-state index in [0.717, 1.165) is 63.4 Å². The fourth-order valence-electron chi connectivity index (χ4n) is 4.66. The second-order valence-electron chi connectivity index (χ2n) is 9.90. The van der Waals surface area contributed by atoms with Gasteiger partial charge in [0.25, 0.3) is 0 Å². The van der Waals surface area contributed by atoms with Gasteiger partial charge in [-0.1, -0.05) is 81.8 Å². The van der Waals surface area contributed by atoms with Crippen molar-refractivity contribution >= 4 is 5.91 Å². The van der Waals surface area contributed by atoms with Gasteiger partial charge in [-0.2, -0.15) is 0 Å². The van der Waals surface area contributed by atoms with Crippen molar-refractivity contribution in [1.82, 2.24) is 9.80 Å². The van der Waals surface area contributed by atoms with Crippen molar-refractivity contribution in [3.05, 3.63) is 59.7 Å². The van der Waals surface area contributed by atoms with E-state index in [9.17, 15) is 4.79 Å². The number of methoxy groups -OCH3 is 1. The van der Waals surface area contributed by atoms with Crippen molar-refractivity contribution in [2.24, 2.45) is 0 Å². The summed E-state index contributed by atoms with van der Waals surface area (Å²) < 4.78 is 17.2. The molecule has 1 amide bonds. The molecule has 1 fully saturated rings. The molecule has 1 saturated heterocycles. The molecule has 2 aromatic rings. The molecule has 0 spiro atoms. The number of unbranched alkanes of at least 4 members (excludes halogenated alkanes) is 6. The van der Waals surface area contributed by atoms with Crippen molar-refractivity contribution in [2.45, 2.75) is 71.4 Å². The van der Waals surface area contributed by atoms with Gasteiger partial charge in [0.1, 0.15) is 6.61 Å². The lowest BCUT2D eigenvalue weighted by molar-refractivity contribution is -0.132. The van der Waals surface area contributed by atoms with Gasteiger partial charge in [0.2, 0.25) is 5.91 Å². The molecule has 0 aliphatic carbocycles. The van der Waals surface area contributed by atoms with E-state index in [2.05, 4.69) is 11.8 Å². The van der Waals surface area contributed by atoms with E-state index in [4.69, 9.17) is 14.2 Å². The predicted octanol–water partition coefficient (Wildman–Crippen LogP) is 6.08. The first-order valence-electron chi connectivity index (χ1n) is 14.1. The highest BCUT2D eigenvalue weighted by atomic mass is 16.5. The Hall–Kier alpha value is -2.57. The molecular formula is C31H46N2O4. The molecule has 1 aliphatic rings. The van der Waals surface area contributed by atoms with Crippen molar-refractivity contribution in [3.8, 4) is 11.5 Å². The Morgan fingerprint density at radius 2 is 1.65 bits per heavy atom. The fraction of sp³-hybridized carbons (Fsp3) is 0.581. The van der Waals surface area contributed by atoms with Crippen LogP contribution in [0, 0.1) is 0 Å². The lowest BCUT2D eigenvalue weighted by atomic mass is 10.1. The van der Waals surface area contributed by atoms with Crippen LogP contribution in [0.2, 0.25) is 0 Å². The summed E-state index contributed by atoms with van der Waals surface area (Å²) in [6.45, 7) is 8.29. The summed E-state index contributed by atoms with van der Waals surface area (Å²) in [5, 5.41) is 0. The van der Waals surface area contributed by atoms with E-state index in [0.29, 0.717) is 31.1 Å². The second kappa shape index (κ2) is 17.0. The molecular weight excluding hydrogens is 464 g/mol. The fourth-order valence-corrected chi connectivity index (χ4v) is 4.66. The number of benzene rings is 2. The van der Waals surface area contributed by atoms with Crippen molar-refractivity contribution < 1.29 is 19.0 Å². The number of hydrogen-bond donors (Lipinski definition) is 0. The van der Waals surface area contributed by atoms with Crippen LogP contribution in [-0.2, 0) is 22.7 Å². The zero-order chi connectivity index (χ0) is 26.1. The summed E-state index contributed by atoms with van der Waals surface area (Å²) in [6.07, 6.45) is 9.10. The molecule has 2 aromatic carbocycles. The van der Waals surface area contributed by atoms with Crippen LogP contribution in [0.1, 0.15) is 69.4 Å². The molecule has 0 radical (unpaired) electrons. The van der Waals surface area contributed by atoms with E-state index in [1.807, 2.05) is 53.4 Å². The smallest absolute Gasteiger partial charge is 0.222 e. The number of morpholine rings is 1. The van der Waals surface area contributed by atoms with Crippen molar-refractivity contribution in [3.63, 3.8) is 0 Å². The van der Waals surface area contributed by atoms with Crippen LogP contribution in [-0.4, -0.2) is 62.2 Å². The number of hydrogen-bond acceptors (Lipinski definition) is 5. The van der Waals surface area contributed by atoms with Gasteiger partial charge in [0, 0.05) is 39.1 Å². The van der Waals surface area contributed by atoms with E-state index in [1.54, 1.807) is 7.11 Å². The zero-order valence-electron chi connectivity index (χ0n) is 23.0. The maximum absolute atomic E-state index is 13.3. The summed E-state index contributed by atoms with van der Waals surface area (Å²) >= 11 is 0. The van der Waals surface area contributed by atoms with Crippen LogP contribution in [0.3, 0.4) is 0 Å². The first-order chi connectivity index (χ1) is 18.2. The maximum atomic E-state index is 13.3. The Morgan fingerprint density at radius 1 is 0.919 bits per heavy atom. The summed E-state index contributed by atoms with van der Waals surface area (Å²) in [5.41, 5.74) is 2.16. The first-order valence-corrected chi connectivity index (χ1v) is 14.1. The van der Waals surface area contributed by atoms with Crippen molar-refractivity contribution in [2.75, 3.05) is 46.5 Å². The minimum Gasteiger partial charge on any atom is -0.493 e.